The van der Waals surface area contributed by atoms with E-state index in [0.717, 1.165) is 12.1 Å². The third kappa shape index (κ3) is 3.55. The fourth-order valence-corrected chi connectivity index (χ4v) is 0.900. The molecule has 0 aromatic heterocycles. The van der Waals surface area contributed by atoms with Crippen LogP contribution in [0.25, 0.3) is 0 Å². The zero-order valence-electron chi connectivity index (χ0n) is 7.59. The van der Waals surface area contributed by atoms with Crippen LogP contribution < -0.4 is 10.9 Å². The van der Waals surface area contributed by atoms with Crippen molar-refractivity contribution >= 4 is 23.4 Å². The largest absolute Gasteiger partial charge is 0.272 e. The van der Waals surface area contributed by atoms with Crippen molar-refractivity contribution in [3.05, 3.63) is 35.6 Å². The fourth-order valence-electron chi connectivity index (χ4n) is 0.833. The average Bonchev–Trinajstić information content (AvgIpc) is 2.26. The Kier molecular flexibility index (Phi) is 4.05. The zero-order valence-corrected chi connectivity index (χ0v) is 8.34. The highest BCUT2D eigenvalue weighted by atomic mass is 35.5. The maximum Gasteiger partial charge on any atom is 0.269 e. The van der Waals surface area contributed by atoms with Gasteiger partial charge in [0.15, 0.2) is 0 Å². The quantitative estimate of drug-likeness (QED) is 0.584. The van der Waals surface area contributed by atoms with E-state index in [9.17, 15) is 14.0 Å². The highest BCUT2D eigenvalue weighted by Crippen LogP contribution is 2.01. The number of rotatable bonds is 2. The predicted octanol–water partition coefficient (Wildman–Crippen LogP) is 0.825. The molecule has 2 N–H and O–H groups in total. The van der Waals surface area contributed by atoms with Crippen LogP contribution in [0.15, 0.2) is 24.3 Å². The van der Waals surface area contributed by atoms with Gasteiger partial charge in [-0.05, 0) is 24.3 Å². The summed E-state index contributed by atoms with van der Waals surface area (Å²) in [7, 11) is 0. The number of benzene rings is 1. The zero-order chi connectivity index (χ0) is 11.3. The molecule has 0 unspecified atom stereocenters. The van der Waals surface area contributed by atoms with Crippen molar-refractivity contribution in [1.29, 1.82) is 0 Å². The minimum Gasteiger partial charge on any atom is -0.272 e. The number of alkyl halides is 1. The lowest BCUT2D eigenvalue weighted by Gasteiger charge is -2.05. The second kappa shape index (κ2) is 5.31. The maximum atomic E-state index is 12.5. The molecular formula is C9H8ClFN2O2. The molecule has 1 aromatic rings. The van der Waals surface area contributed by atoms with Gasteiger partial charge in [0.25, 0.3) is 11.8 Å². The Balaban J connectivity index is 2.54. The molecule has 0 saturated heterocycles. The van der Waals surface area contributed by atoms with E-state index in [2.05, 4.69) is 10.9 Å². The van der Waals surface area contributed by atoms with Crippen molar-refractivity contribution in [3.8, 4) is 0 Å². The molecule has 0 bridgehead atoms. The number of amides is 2. The summed E-state index contributed by atoms with van der Waals surface area (Å²) in [5.41, 5.74) is 4.45. The molecule has 80 valence electrons. The van der Waals surface area contributed by atoms with Gasteiger partial charge in [-0.2, -0.15) is 0 Å². The molecule has 15 heavy (non-hydrogen) atoms. The molecule has 0 aliphatic rings. The van der Waals surface area contributed by atoms with Crippen molar-refractivity contribution in [1.82, 2.24) is 10.9 Å². The molecule has 4 nitrogen and oxygen atoms in total. The molecule has 0 aliphatic carbocycles. The minimum atomic E-state index is -0.534. The first-order valence-electron chi connectivity index (χ1n) is 4.04. The molecule has 1 aromatic carbocycles. The van der Waals surface area contributed by atoms with Gasteiger partial charge >= 0.3 is 0 Å². The summed E-state index contributed by atoms with van der Waals surface area (Å²) in [6.45, 7) is 0. The van der Waals surface area contributed by atoms with Crippen LogP contribution >= 0.6 is 11.6 Å². The van der Waals surface area contributed by atoms with Crippen LogP contribution in [0.1, 0.15) is 10.4 Å². The van der Waals surface area contributed by atoms with Gasteiger partial charge in [-0.3, -0.25) is 20.4 Å². The SMILES string of the molecule is O=C(CCl)NNC(=O)c1ccc(F)cc1. The lowest BCUT2D eigenvalue weighted by atomic mass is 10.2. The van der Waals surface area contributed by atoms with E-state index >= 15 is 0 Å². The van der Waals surface area contributed by atoms with Crippen molar-refractivity contribution < 1.29 is 14.0 Å². The molecule has 0 saturated carbocycles. The highest BCUT2D eigenvalue weighted by molar-refractivity contribution is 6.27. The summed E-state index contributed by atoms with van der Waals surface area (Å²) in [4.78, 5) is 22.0. The van der Waals surface area contributed by atoms with Gasteiger partial charge in [0.2, 0.25) is 0 Å². The predicted molar refractivity (Wildman–Crippen MR) is 52.7 cm³/mol. The Morgan fingerprint density at radius 3 is 2.33 bits per heavy atom. The van der Waals surface area contributed by atoms with Crippen LogP contribution in [0.5, 0.6) is 0 Å². The van der Waals surface area contributed by atoms with Gasteiger partial charge < -0.3 is 0 Å². The van der Waals surface area contributed by atoms with Gasteiger partial charge in [-0.1, -0.05) is 0 Å². The van der Waals surface area contributed by atoms with E-state index < -0.39 is 17.6 Å². The highest BCUT2D eigenvalue weighted by Gasteiger charge is 2.06. The average molecular weight is 231 g/mol. The molecule has 0 aliphatic heterocycles. The Bertz CT molecular complexity index is 367. The number of hydrogen-bond acceptors (Lipinski definition) is 2. The van der Waals surface area contributed by atoms with E-state index in [-0.39, 0.29) is 11.4 Å². The number of nitrogens with one attached hydrogen (secondary N) is 2. The number of halogens is 2. The van der Waals surface area contributed by atoms with E-state index in [4.69, 9.17) is 11.6 Å². The van der Waals surface area contributed by atoms with E-state index in [0.29, 0.717) is 0 Å². The molecule has 0 spiro atoms. The van der Waals surface area contributed by atoms with Crippen LogP contribution in [0.2, 0.25) is 0 Å². The first-order chi connectivity index (χ1) is 7.13. The lowest BCUT2D eigenvalue weighted by molar-refractivity contribution is -0.119. The third-order valence-electron chi connectivity index (χ3n) is 1.54. The van der Waals surface area contributed by atoms with Gasteiger partial charge in [0.05, 0.1) is 0 Å². The van der Waals surface area contributed by atoms with E-state index in [1.165, 1.54) is 12.1 Å². The summed E-state index contributed by atoms with van der Waals surface area (Å²) in [5, 5.41) is 0. The molecule has 2 amide bonds. The molecular weight excluding hydrogens is 223 g/mol. The third-order valence-corrected chi connectivity index (χ3v) is 1.79. The van der Waals surface area contributed by atoms with Crippen LogP contribution in [-0.2, 0) is 4.79 Å². The standard InChI is InChI=1S/C9H8ClFN2O2/c10-5-8(14)12-13-9(15)6-1-3-7(11)4-2-6/h1-4H,5H2,(H,12,14)(H,13,15). The fraction of sp³-hybridized carbons (Fsp3) is 0.111. The van der Waals surface area contributed by atoms with Gasteiger partial charge in [0.1, 0.15) is 11.7 Å². The summed E-state index contributed by atoms with van der Waals surface area (Å²) in [5.74, 6) is -1.74. The lowest BCUT2D eigenvalue weighted by Crippen LogP contribution is -2.42. The molecule has 6 heteroatoms. The van der Waals surface area contributed by atoms with Gasteiger partial charge in [-0.25, -0.2) is 4.39 Å². The summed E-state index contributed by atoms with van der Waals surface area (Å²) >= 11 is 5.19. The Morgan fingerprint density at radius 2 is 1.80 bits per heavy atom. The van der Waals surface area contributed by atoms with Gasteiger partial charge in [-0.15, -0.1) is 11.6 Å². The Labute approximate surface area is 90.4 Å². The molecule has 0 radical (unpaired) electrons. The minimum absolute atomic E-state index is 0.242. The van der Waals surface area contributed by atoms with Crippen LogP contribution in [0, 0.1) is 5.82 Å². The first-order valence-corrected chi connectivity index (χ1v) is 4.57. The van der Waals surface area contributed by atoms with Crippen LogP contribution in [0.4, 0.5) is 4.39 Å². The number of hydrogen-bond donors (Lipinski definition) is 2. The summed E-state index contributed by atoms with van der Waals surface area (Å²) < 4.78 is 12.5. The van der Waals surface area contributed by atoms with Crippen molar-refractivity contribution in [3.63, 3.8) is 0 Å². The molecule has 0 fully saturated rings. The second-order valence-electron chi connectivity index (χ2n) is 2.64. The number of carbonyl (C=O) groups excluding carboxylic acids is 2. The number of hydrazine groups is 1. The number of carbonyl (C=O) groups is 2. The summed E-state index contributed by atoms with van der Waals surface area (Å²) in [6, 6.07) is 4.91. The molecule has 0 atom stereocenters. The van der Waals surface area contributed by atoms with Crippen molar-refractivity contribution in [2.24, 2.45) is 0 Å². The summed E-state index contributed by atoms with van der Waals surface area (Å²) in [6.07, 6.45) is 0. The molecule has 0 heterocycles. The van der Waals surface area contributed by atoms with Crippen LogP contribution in [0.3, 0.4) is 0 Å². The van der Waals surface area contributed by atoms with Crippen LogP contribution in [-0.4, -0.2) is 17.7 Å². The van der Waals surface area contributed by atoms with Gasteiger partial charge in [0, 0.05) is 5.56 Å². The second-order valence-corrected chi connectivity index (χ2v) is 2.91. The van der Waals surface area contributed by atoms with Crippen molar-refractivity contribution in [2.75, 3.05) is 5.88 Å². The van der Waals surface area contributed by atoms with Crippen molar-refractivity contribution in [2.45, 2.75) is 0 Å². The normalized spacial score (nSPS) is 9.47. The Hall–Kier alpha value is -1.62. The monoisotopic (exact) mass is 230 g/mol. The van der Waals surface area contributed by atoms with E-state index in [1.807, 2.05) is 0 Å². The smallest absolute Gasteiger partial charge is 0.269 e. The molecule has 1 rings (SSSR count). The maximum absolute atomic E-state index is 12.5. The first kappa shape index (κ1) is 11.5. The van der Waals surface area contributed by atoms with E-state index in [1.54, 1.807) is 0 Å². The topological polar surface area (TPSA) is 58.2 Å². The Morgan fingerprint density at radius 1 is 1.20 bits per heavy atom.